The highest BCUT2D eigenvalue weighted by Gasteiger charge is 2.20. The Morgan fingerprint density at radius 1 is 1.07 bits per heavy atom. The van der Waals surface area contributed by atoms with E-state index in [0.717, 1.165) is 48.7 Å². The number of hydrogen-bond donors (Lipinski definition) is 2. The number of hydrogen-bond acceptors (Lipinski definition) is 6. The Kier molecular flexibility index (Phi) is 4.60. The van der Waals surface area contributed by atoms with Crippen molar-refractivity contribution in [1.82, 2.24) is 24.8 Å². The normalized spacial score (nSPS) is 18.1. The van der Waals surface area contributed by atoms with E-state index in [9.17, 15) is 0 Å². The highest BCUT2D eigenvalue weighted by atomic mass is 15.2. The molecule has 1 aliphatic heterocycles. The smallest absolute Gasteiger partial charge is 0.229 e. The van der Waals surface area contributed by atoms with Crippen LogP contribution in [0.3, 0.4) is 0 Å². The molecule has 0 aromatic carbocycles. The topological polar surface area (TPSA) is 70.9 Å². The van der Waals surface area contributed by atoms with Crippen molar-refractivity contribution >= 4 is 28.5 Å². The molecule has 2 N–H and O–H groups in total. The summed E-state index contributed by atoms with van der Waals surface area (Å²) in [6, 6.07) is 4.69. The molecule has 7 nitrogen and oxygen atoms in total. The minimum absolute atomic E-state index is 0.568. The molecule has 146 valence electrons. The molecular formula is C21H27N7. The maximum Gasteiger partial charge on any atom is 0.229 e. The lowest BCUT2D eigenvalue weighted by atomic mass is 10.2. The summed E-state index contributed by atoms with van der Waals surface area (Å²) in [5, 5.41) is 7.84. The highest BCUT2D eigenvalue weighted by Crippen LogP contribution is 2.33. The van der Waals surface area contributed by atoms with Gasteiger partial charge in [-0.3, -0.25) is 0 Å². The van der Waals surface area contributed by atoms with Crippen molar-refractivity contribution in [3.05, 3.63) is 36.3 Å². The van der Waals surface area contributed by atoms with Crippen molar-refractivity contribution in [3.63, 3.8) is 0 Å². The summed E-state index contributed by atoms with van der Waals surface area (Å²) < 4.78 is 2.36. The van der Waals surface area contributed by atoms with Crippen LogP contribution >= 0.6 is 0 Å². The summed E-state index contributed by atoms with van der Waals surface area (Å²) in [6.45, 7) is 6.16. The first-order valence-corrected chi connectivity index (χ1v) is 10.3. The number of fused-ring (bicyclic) bond motifs is 1. The molecule has 0 spiro atoms. The Hall–Kier alpha value is -2.67. The van der Waals surface area contributed by atoms with Crippen LogP contribution in [0.2, 0.25) is 0 Å². The molecule has 0 atom stereocenters. The van der Waals surface area contributed by atoms with E-state index in [1.807, 2.05) is 12.4 Å². The first-order valence-electron chi connectivity index (χ1n) is 10.3. The van der Waals surface area contributed by atoms with Crippen molar-refractivity contribution < 1.29 is 0 Å². The van der Waals surface area contributed by atoms with E-state index in [0.29, 0.717) is 12.0 Å². The van der Waals surface area contributed by atoms with Gasteiger partial charge in [0.1, 0.15) is 11.5 Å². The summed E-state index contributed by atoms with van der Waals surface area (Å²) in [5.74, 6) is 1.65. The van der Waals surface area contributed by atoms with Crippen LogP contribution in [0.25, 0.3) is 11.0 Å². The van der Waals surface area contributed by atoms with E-state index in [4.69, 9.17) is 4.98 Å². The molecule has 0 radical (unpaired) electrons. The molecule has 2 aliphatic rings. The first kappa shape index (κ1) is 17.4. The quantitative estimate of drug-likeness (QED) is 0.726. The van der Waals surface area contributed by atoms with Gasteiger partial charge in [0.05, 0.1) is 11.9 Å². The summed E-state index contributed by atoms with van der Waals surface area (Å²) in [5.41, 5.74) is 3.19. The Morgan fingerprint density at radius 3 is 2.64 bits per heavy atom. The van der Waals surface area contributed by atoms with E-state index < -0.39 is 0 Å². The molecule has 1 saturated heterocycles. The lowest BCUT2D eigenvalue weighted by molar-refractivity contribution is 0.532. The van der Waals surface area contributed by atoms with Gasteiger partial charge >= 0.3 is 0 Å². The molecule has 1 aliphatic carbocycles. The van der Waals surface area contributed by atoms with Crippen molar-refractivity contribution in [2.24, 2.45) is 0 Å². The third kappa shape index (κ3) is 3.30. The zero-order chi connectivity index (χ0) is 18.9. The number of nitrogens with one attached hydrogen (secondary N) is 2. The van der Waals surface area contributed by atoms with E-state index in [-0.39, 0.29) is 0 Å². The number of nitrogens with zero attached hydrogens (tertiary/aromatic N) is 5. The number of aryl methyl sites for hydroxylation is 1. The Balaban J connectivity index is 1.38. The zero-order valence-electron chi connectivity index (χ0n) is 16.4. The second-order valence-electron chi connectivity index (χ2n) is 7.86. The van der Waals surface area contributed by atoms with Gasteiger partial charge in [0, 0.05) is 50.0 Å². The molecule has 0 bridgehead atoms. The van der Waals surface area contributed by atoms with Crippen LogP contribution in [0.15, 0.2) is 30.7 Å². The molecule has 7 heteroatoms. The van der Waals surface area contributed by atoms with Gasteiger partial charge < -0.3 is 20.1 Å². The fraction of sp³-hybridized carbons (Fsp3) is 0.476. The number of anilines is 3. The van der Waals surface area contributed by atoms with Crippen molar-refractivity contribution in [1.29, 1.82) is 0 Å². The summed E-state index contributed by atoms with van der Waals surface area (Å²) >= 11 is 0. The Morgan fingerprint density at radius 2 is 1.89 bits per heavy atom. The van der Waals surface area contributed by atoms with Gasteiger partial charge in [-0.25, -0.2) is 9.97 Å². The van der Waals surface area contributed by atoms with Gasteiger partial charge in [0.25, 0.3) is 0 Å². The van der Waals surface area contributed by atoms with Crippen LogP contribution in [0, 0.1) is 6.92 Å². The van der Waals surface area contributed by atoms with Crippen molar-refractivity contribution in [2.45, 2.75) is 38.6 Å². The van der Waals surface area contributed by atoms with Gasteiger partial charge in [-0.2, -0.15) is 4.98 Å². The molecule has 28 heavy (non-hydrogen) atoms. The molecule has 0 amide bonds. The molecule has 2 fully saturated rings. The van der Waals surface area contributed by atoms with E-state index in [1.165, 1.54) is 31.2 Å². The third-order valence-corrected chi connectivity index (χ3v) is 5.93. The van der Waals surface area contributed by atoms with Crippen LogP contribution in [0.1, 0.15) is 37.3 Å². The molecule has 3 aromatic heterocycles. The Labute approximate surface area is 165 Å². The molecule has 5 rings (SSSR count). The fourth-order valence-electron chi connectivity index (χ4n) is 4.38. The summed E-state index contributed by atoms with van der Waals surface area (Å²) in [7, 11) is 0. The van der Waals surface area contributed by atoms with Crippen molar-refractivity contribution in [2.75, 3.05) is 36.4 Å². The molecule has 0 unspecified atom stereocenters. The van der Waals surface area contributed by atoms with Gasteiger partial charge in [0.2, 0.25) is 5.95 Å². The van der Waals surface area contributed by atoms with Crippen LogP contribution in [0.4, 0.5) is 17.5 Å². The maximum atomic E-state index is 4.84. The highest BCUT2D eigenvalue weighted by molar-refractivity contribution is 5.81. The van der Waals surface area contributed by atoms with E-state index >= 15 is 0 Å². The summed E-state index contributed by atoms with van der Waals surface area (Å²) in [4.78, 5) is 16.3. The minimum atomic E-state index is 0.568. The van der Waals surface area contributed by atoms with Gasteiger partial charge in [0.15, 0.2) is 0 Å². The van der Waals surface area contributed by atoms with Gasteiger partial charge in [-0.1, -0.05) is 12.8 Å². The lowest BCUT2D eigenvalue weighted by Crippen LogP contribution is -2.43. The number of piperazine rings is 1. The predicted octanol–water partition coefficient (Wildman–Crippen LogP) is 3.40. The minimum Gasteiger partial charge on any atom is -0.354 e. The van der Waals surface area contributed by atoms with Gasteiger partial charge in [-0.05, 0) is 37.5 Å². The number of aromatic nitrogens is 4. The zero-order valence-corrected chi connectivity index (χ0v) is 16.4. The van der Waals surface area contributed by atoms with Gasteiger partial charge in [-0.15, -0.1) is 0 Å². The van der Waals surface area contributed by atoms with Crippen LogP contribution in [-0.2, 0) is 0 Å². The SMILES string of the molecule is Cc1cn(C2CCCC2)c2nc(Nc3ccc(N4CCNCC4)nc3)ncc12. The summed E-state index contributed by atoms with van der Waals surface area (Å²) in [6.07, 6.45) is 11.2. The molecule has 3 aromatic rings. The van der Waals surface area contributed by atoms with E-state index in [2.05, 4.69) is 55.3 Å². The monoisotopic (exact) mass is 377 g/mol. The number of pyridine rings is 1. The fourth-order valence-corrected chi connectivity index (χ4v) is 4.38. The second kappa shape index (κ2) is 7.39. The first-order chi connectivity index (χ1) is 13.8. The molecule has 4 heterocycles. The van der Waals surface area contributed by atoms with Crippen LogP contribution < -0.4 is 15.5 Å². The lowest BCUT2D eigenvalue weighted by Gasteiger charge is -2.28. The van der Waals surface area contributed by atoms with Crippen LogP contribution in [0.5, 0.6) is 0 Å². The molecule has 1 saturated carbocycles. The average molecular weight is 377 g/mol. The second-order valence-corrected chi connectivity index (χ2v) is 7.86. The van der Waals surface area contributed by atoms with Crippen molar-refractivity contribution in [3.8, 4) is 0 Å². The Bertz CT molecular complexity index is 951. The van der Waals surface area contributed by atoms with Crippen LogP contribution in [-0.4, -0.2) is 45.7 Å². The number of rotatable bonds is 4. The standard InChI is InChI=1S/C21H27N7/c1-15-14-28(17-4-2-3-5-17)20-18(15)13-24-21(26-20)25-16-6-7-19(23-12-16)27-10-8-22-9-11-27/h6-7,12-14,17,22H,2-5,8-11H2,1H3,(H,24,25,26). The average Bonchev–Trinajstić information content (AvgIpc) is 3.37. The van der Waals surface area contributed by atoms with E-state index in [1.54, 1.807) is 0 Å². The molecular weight excluding hydrogens is 350 g/mol. The third-order valence-electron chi connectivity index (χ3n) is 5.93. The largest absolute Gasteiger partial charge is 0.354 e. The predicted molar refractivity (Wildman–Crippen MR) is 112 cm³/mol. The maximum absolute atomic E-state index is 4.84.